The smallest absolute Gasteiger partial charge is 0.338 e. The second kappa shape index (κ2) is 8.65. The zero-order valence-corrected chi connectivity index (χ0v) is 19.9. The molecule has 7 nitrogen and oxygen atoms in total. The van der Waals surface area contributed by atoms with Crippen molar-refractivity contribution in [3.8, 4) is 5.75 Å². The van der Waals surface area contributed by atoms with Gasteiger partial charge in [0.1, 0.15) is 11.4 Å². The molecule has 1 aliphatic carbocycles. The Bertz CT molecular complexity index is 1020. The summed E-state index contributed by atoms with van der Waals surface area (Å²) in [4.78, 5) is 32.6. The van der Waals surface area contributed by atoms with Crippen molar-refractivity contribution in [2.45, 2.75) is 64.6 Å². The van der Waals surface area contributed by atoms with Gasteiger partial charge in [-0.05, 0) is 63.6 Å². The minimum absolute atomic E-state index is 0.0147. The zero-order chi connectivity index (χ0) is 23.0. The molecule has 1 saturated carbocycles. The minimum atomic E-state index is -0.638. The van der Waals surface area contributed by atoms with Crippen molar-refractivity contribution in [2.24, 2.45) is 4.99 Å². The van der Waals surface area contributed by atoms with Crippen molar-refractivity contribution in [2.75, 3.05) is 7.11 Å². The number of aliphatic imine (C=N–C) groups is 1. The molecule has 1 atom stereocenters. The van der Waals surface area contributed by atoms with Crippen LogP contribution in [-0.4, -0.2) is 40.7 Å². The number of carbonyl (C=O) groups is 2. The van der Waals surface area contributed by atoms with Gasteiger partial charge in [0.15, 0.2) is 5.17 Å². The number of allylic oxidation sites excluding steroid dienone is 1. The fraction of sp³-hybridized carbons (Fsp3) is 0.458. The van der Waals surface area contributed by atoms with Crippen LogP contribution in [0.15, 0.2) is 51.6 Å². The van der Waals surface area contributed by atoms with Gasteiger partial charge in [-0.25, -0.2) is 9.79 Å². The van der Waals surface area contributed by atoms with Crippen LogP contribution in [0.2, 0.25) is 0 Å². The molecule has 8 heteroatoms. The average Bonchev–Trinajstić information content (AvgIpc) is 3.45. The maximum Gasteiger partial charge on any atom is 0.338 e. The molecule has 3 aliphatic rings. The lowest BCUT2D eigenvalue weighted by Gasteiger charge is -2.37. The summed E-state index contributed by atoms with van der Waals surface area (Å²) in [5.74, 6) is 0.310. The lowest BCUT2D eigenvalue weighted by atomic mass is 9.93. The molecular formula is C24H29N3O4S. The molecule has 2 heterocycles. The van der Waals surface area contributed by atoms with E-state index in [0.717, 1.165) is 35.0 Å². The van der Waals surface area contributed by atoms with E-state index in [1.807, 2.05) is 62.3 Å². The van der Waals surface area contributed by atoms with Crippen molar-refractivity contribution < 1.29 is 19.1 Å². The zero-order valence-electron chi connectivity index (χ0n) is 19.1. The Balaban J connectivity index is 1.71. The highest BCUT2D eigenvalue weighted by molar-refractivity contribution is 8.16. The van der Waals surface area contributed by atoms with Gasteiger partial charge in [0.2, 0.25) is 5.91 Å². The monoisotopic (exact) mass is 455 g/mol. The van der Waals surface area contributed by atoms with Gasteiger partial charge in [0, 0.05) is 11.7 Å². The number of hydrogen-bond acceptors (Lipinski definition) is 7. The summed E-state index contributed by atoms with van der Waals surface area (Å²) in [7, 11) is 1.62. The molecule has 0 spiro atoms. The van der Waals surface area contributed by atoms with E-state index in [2.05, 4.69) is 5.32 Å². The first kappa shape index (κ1) is 22.5. The summed E-state index contributed by atoms with van der Waals surface area (Å²) in [6, 6.07) is 7.47. The Morgan fingerprint density at radius 1 is 1.22 bits per heavy atom. The third-order valence-electron chi connectivity index (χ3n) is 5.34. The number of esters is 1. The van der Waals surface area contributed by atoms with Crippen LogP contribution in [0.1, 0.15) is 58.6 Å². The molecule has 0 radical (unpaired) electrons. The number of benzene rings is 1. The van der Waals surface area contributed by atoms with Crippen molar-refractivity contribution >= 4 is 28.8 Å². The molecule has 1 amide bonds. The number of rotatable bonds is 6. The number of amides is 1. The number of hydrogen-bond donors (Lipinski definition) is 1. The van der Waals surface area contributed by atoms with Gasteiger partial charge in [0.05, 0.1) is 30.8 Å². The number of nitrogens with zero attached hydrogens (tertiary/aromatic N) is 2. The Morgan fingerprint density at radius 3 is 2.50 bits per heavy atom. The average molecular weight is 456 g/mol. The highest BCUT2D eigenvalue weighted by atomic mass is 32.2. The second-order valence-electron chi connectivity index (χ2n) is 9.19. The van der Waals surface area contributed by atoms with Crippen LogP contribution >= 0.6 is 11.8 Å². The van der Waals surface area contributed by atoms with Crippen molar-refractivity contribution in [3.05, 3.63) is 52.2 Å². The predicted molar refractivity (Wildman–Crippen MR) is 125 cm³/mol. The molecule has 0 bridgehead atoms. The van der Waals surface area contributed by atoms with Gasteiger partial charge in [-0.1, -0.05) is 23.9 Å². The topological polar surface area (TPSA) is 80.2 Å². The van der Waals surface area contributed by atoms with Crippen LogP contribution in [-0.2, 0) is 14.3 Å². The standard InChI is InChI=1S/C24H29N3O4S/c1-14-20(22(29)31-24(2,3)4)21(15-6-10-18(30-5)11-7-15)27-17(13-32-23(27)25-14)12-19(28)26-16-8-9-16/h6-7,10-11,13,16,21H,8-9,12H2,1-5H3,(H,26,28)/t21-/m0/s1. The van der Waals surface area contributed by atoms with Gasteiger partial charge in [0.25, 0.3) is 0 Å². The van der Waals surface area contributed by atoms with Crippen LogP contribution in [0.4, 0.5) is 0 Å². The molecule has 0 unspecified atom stereocenters. The summed E-state index contributed by atoms with van der Waals surface area (Å²) in [5.41, 5.74) is 2.18. The number of fused-ring (bicyclic) bond motifs is 1. The number of methoxy groups -OCH3 is 1. The van der Waals surface area contributed by atoms with Crippen molar-refractivity contribution in [1.82, 2.24) is 10.2 Å². The molecule has 1 aromatic carbocycles. The maximum atomic E-state index is 13.3. The number of ether oxygens (including phenoxy) is 2. The first-order valence-electron chi connectivity index (χ1n) is 10.8. The summed E-state index contributed by atoms with van der Waals surface area (Å²) in [6.07, 6.45) is 2.31. The third-order valence-corrected chi connectivity index (χ3v) is 6.22. The molecular weight excluding hydrogens is 426 g/mol. The van der Waals surface area contributed by atoms with Crippen LogP contribution in [0, 0.1) is 0 Å². The maximum absolute atomic E-state index is 13.3. The summed E-state index contributed by atoms with van der Waals surface area (Å²) >= 11 is 1.47. The van der Waals surface area contributed by atoms with E-state index in [1.165, 1.54) is 11.8 Å². The molecule has 1 aromatic rings. The molecule has 32 heavy (non-hydrogen) atoms. The third kappa shape index (κ3) is 4.85. The van der Waals surface area contributed by atoms with Crippen molar-refractivity contribution in [3.63, 3.8) is 0 Å². The van der Waals surface area contributed by atoms with E-state index in [-0.39, 0.29) is 12.3 Å². The molecule has 1 fully saturated rings. The fourth-order valence-electron chi connectivity index (χ4n) is 3.74. The van der Waals surface area contributed by atoms with E-state index < -0.39 is 17.6 Å². The Morgan fingerprint density at radius 2 is 1.91 bits per heavy atom. The lowest BCUT2D eigenvalue weighted by molar-refractivity contribution is -0.150. The van der Waals surface area contributed by atoms with Gasteiger partial charge >= 0.3 is 5.97 Å². The normalized spacial score (nSPS) is 20.4. The Kier molecular flexibility index (Phi) is 6.07. The molecule has 1 N–H and O–H groups in total. The van der Waals surface area contributed by atoms with Gasteiger partial charge in [-0.15, -0.1) is 0 Å². The first-order valence-corrected chi connectivity index (χ1v) is 11.7. The second-order valence-corrected chi connectivity index (χ2v) is 10.0. The summed E-state index contributed by atoms with van der Waals surface area (Å²) in [6.45, 7) is 7.37. The quantitative estimate of drug-likeness (QED) is 0.645. The minimum Gasteiger partial charge on any atom is -0.497 e. The van der Waals surface area contributed by atoms with E-state index in [0.29, 0.717) is 17.3 Å². The number of amidine groups is 1. The van der Waals surface area contributed by atoms with Crippen LogP contribution < -0.4 is 10.1 Å². The summed E-state index contributed by atoms with van der Waals surface area (Å²) in [5, 5.41) is 5.75. The SMILES string of the molecule is COc1ccc([C@H]2C(C(=O)OC(C)(C)C)=C(C)N=C3SC=C(CC(=O)NC4CC4)N32)cc1. The molecule has 0 saturated heterocycles. The number of nitrogens with one attached hydrogen (secondary N) is 1. The molecule has 2 aliphatic heterocycles. The lowest BCUT2D eigenvalue weighted by Crippen LogP contribution is -2.39. The number of carbonyl (C=O) groups excluding carboxylic acids is 2. The van der Waals surface area contributed by atoms with E-state index >= 15 is 0 Å². The van der Waals surface area contributed by atoms with Gasteiger partial charge in [-0.3, -0.25) is 4.79 Å². The van der Waals surface area contributed by atoms with Gasteiger partial charge < -0.3 is 19.7 Å². The van der Waals surface area contributed by atoms with E-state index in [1.54, 1.807) is 7.11 Å². The van der Waals surface area contributed by atoms with Crippen LogP contribution in [0.5, 0.6) is 5.75 Å². The Labute approximate surface area is 192 Å². The highest BCUT2D eigenvalue weighted by Crippen LogP contribution is 2.45. The van der Waals surface area contributed by atoms with Crippen LogP contribution in [0.25, 0.3) is 0 Å². The fourth-order valence-corrected chi connectivity index (χ4v) is 4.70. The molecule has 0 aromatic heterocycles. The predicted octanol–water partition coefficient (Wildman–Crippen LogP) is 4.28. The first-order chi connectivity index (χ1) is 15.2. The largest absolute Gasteiger partial charge is 0.497 e. The van der Waals surface area contributed by atoms with Crippen molar-refractivity contribution in [1.29, 1.82) is 0 Å². The highest BCUT2D eigenvalue weighted by Gasteiger charge is 2.42. The Hall–Kier alpha value is -2.74. The molecule has 170 valence electrons. The molecule has 4 rings (SSSR count). The summed E-state index contributed by atoms with van der Waals surface area (Å²) < 4.78 is 11.1. The van der Waals surface area contributed by atoms with E-state index in [4.69, 9.17) is 14.5 Å². The van der Waals surface area contributed by atoms with Crippen LogP contribution in [0.3, 0.4) is 0 Å². The van der Waals surface area contributed by atoms with E-state index in [9.17, 15) is 9.59 Å². The van der Waals surface area contributed by atoms with Gasteiger partial charge in [-0.2, -0.15) is 0 Å². The number of thioether (sulfide) groups is 1.